The lowest BCUT2D eigenvalue weighted by Crippen LogP contribution is -1.82. The quantitative estimate of drug-likeness (QED) is 0.293. The first kappa shape index (κ1) is 20.3. The topological polar surface area (TPSA) is 78.3 Å². The molecule has 0 unspecified atom stereocenters. The molecule has 0 radical (unpaired) electrons. The number of hydrogen-bond donors (Lipinski definition) is 2. The number of rotatable bonds is 5. The van der Waals surface area contributed by atoms with Gasteiger partial charge in [0.25, 0.3) is 0 Å². The summed E-state index contributed by atoms with van der Waals surface area (Å²) in [4.78, 5) is 9.12. The lowest BCUT2D eigenvalue weighted by Gasteiger charge is -2.01. The molecule has 0 saturated carbocycles. The molecule has 5 rings (SSSR count). The smallest absolute Gasteiger partial charge is 0.246 e. The monoisotopic (exact) mass is 432 g/mol. The van der Waals surface area contributed by atoms with Crippen molar-refractivity contribution in [1.29, 1.82) is 0 Å². The number of nitrogens with zero attached hydrogens (tertiary/aromatic N) is 2. The molecule has 1 aromatic heterocycles. The van der Waals surface area contributed by atoms with Crippen LogP contribution in [-0.4, -0.2) is 22.6 Å². The maximum absolute atomic E-state index is 10.1. The number of hydrogen-bond acceptors (Lipinski definition) is 5. The van der Waals surface area contributed by atoms with E-state index in [-0.39, 0.29) is 11.5 Å². The molecule has 0 bridgehead atoms. The van der Waals surface area contributed by atoms with Crippen LogP contribution in [0.5, 0.6) is 11.5 Å². The van der Waals surface area contributed by atoms with E-state index in [9.17, 15) is 10.2 Å². The van der Waals surface area contributed by atoms with Gasteiger partial charge in [0.15, 0.2) is 0 Å². The van der Waals surface area contributed by atoms with Gasteiger partial charge in [0.05, 0.1) is 0 Å². The number of furan rings is 1. The molecule has 0 amide bonds. The predicted molar refractivity (Wildman–Crippen MR) is 132 cm³/mol. The van der Waals surface area contributed by atoms with Gasteiger partial charge in [-0.3, -0.25) is 0 Å². The average Bonchev–Trinajstić information content (AvgIpc) is 3.20. The highest BCUT2D eigenvalue weighted by atomic mass is 16.3. The minimum absolute atomic E-state index is 0.128. The molecular weight excluding hydrogens is 412 g/mol. The molecule has 5 aromatic rings. The zero-order valence-corrected chi connectivity index (χ0v) is 17.6. The highest BCUT2D eigenvalue weighted by Crippen LogP contribution is 2.41. The molecule has 4 aromatic carbocycles. The normalized spacial score (nSPS) is 11.6. The van der Waals surface area contributed by atoms with Crippen molar-refractivity contribution in [3.05, 3.63) is 108 Å². The summed E-state index contributed by atoms with van der Waals surface area (Å²) >= 11 is 0. The molecule has 0 spiro atoms. The average molecular weight is 432 g/mol. The summed E-state index contributed by atoms with van der Waals surface area (Å²) in [7, 11) is 0. The highest BCUT2D eigenvalue weighted by molar-refractivity contribution is 6.01. The molecule has 1 heterocycles. The Morgan fingerprint density at radius 1 is 0.606 bits per heavy atom. The van der Waals surface area contributed by atoms with Crippen LogP contribution < -0.4 is 0 Å². The molecule has 5 heteroatoms. The Balaban J connectivity index is 1.64. The van der Waals surface area contributed by atoms with E-state index in [1.807, 2.05) is 60.7 Å². The number of aromatic hydroxyl groups is 2. The molecule has 0 aliphatic heterocycles. The fraction of sp³-hybridized carbons (Fsp3) is 0. The van der Waals surface area contributed by atoms with E-state index in [1.165, 1.54) is 0 Å². The second kappa shape index (κ2) is 8.85. The Morgan fingerprint density at radius 2 is 1.21 bits per heavy atom. The van der Waals surface area contributed by atoms with Gasteiger partial charge in [0, 0.05) is 28.9 Å². The van der Waals surface area contributed by atoms with Crippen LogP contribution in [0.3, 0.4) is 0 Å². The summed E-state index contributed by atoms with van der Waals surface area (Å²) < 4.78 is 6.01. The Hall–Kier alpha value is -4.64. The van der Waals surface area contributed by atoms with E-state index in [0.717, 1.165) is 16.5 Å². The van der Waals surface area contributed by atoms with Crippen molar-refractivity contribution in [1.82, 2.24) is 0 Å². The summed E-state index contributed by atoms with van der Waals surface area (Å²) in [5, 5.41) is 21.0. The third-order valence-electron chi connectivity index (χ3n) is 5.28. The van der Waals surface area contributed by atoms with Crippen molar-refractivity contribution in [2.24, 2.45) is 9.98 Å². The number of benzene rings is 4. The largest absolute Gasteiger partial charge is 0.507 e. The number of phenolic OH excluding ortho intramolecular Hbond substituents is 2. The van der Waals surface area contributed by atoms with Crippen molar-refractivity contribution in [2.45, 2.75) is 0 Å². The van der Waals surface area contributed by atoms with Gasteiger partial charge >= 0.3 is 0 Å². The summed E-state index contributed by atoms with van der Waals surface area (Å²) in [6, 6.07) is 29.9. The third kappa shape index (κ3) is 4.25. The molecule has 33 heavy (non-hydrogen) atoms. The predicted octanol–water partition coefficient (Wildman–Crippen LogP) is 7.01. The van der Waals surface area contributed by atoms with Crippen LogP contribution >= 0.6 is 0 Å². The second-order valence-electron chi connectivity index (χ2n) is 7.47. The molecule has 0 saturated heterocycles. The number of aliphatic imine (C=N–C) groups is 2. The molecule has 0 fully saturated rings. The van der Waals surface area contributed by atoms with Gasteiger partial charge in [0.1, 0.15) is 22.8 Å². The summed E-state index contributed by atoms with van der Waals surface area (Å²) in [5.41, 5.74) is 4.44. The van der Waals surface area contributed by atoms with E-state index < -0.39 is 0 Å². The summed E-state index contributed by atoms with van der Waals surface area (Å²) in [5.74, 6) is 0.575. The van der Waals surface area contributed by atoms with E-state index in [1.54, 1.807) is 48.8 Å². The van der Waals surface area contributed by atoms with Gasteiger partial charge in [-0.15, -0.1) is 0 Å². The van der Waals surface area contributed by atoms with Crippen LogP contribution in [0, 0.1) is 0 Å². The van der Waals surface area contributed by atoms with Crippen molar-refractivity contribution in [3.8, 4) is 22.6 Å². The molecule has 0 aliphatic carbocycles. The first-order valence-corrected chi connectivity index (χ1v) is 10.4. The number of fused-ring (bicyclic) bond motifs is 1. The lowest BCUT2D eigenvalue weighted by atomic mass is 10.0. The Morgan fingerprint density at radius 3 is 1.88 bits per heavy atom. The van der Waals surface area contributed by atoms with Gasteiger partial charge < -0.3 is 14.6 Å². The standard InChI is InChI=1S/C28H20N2O3/c31-24-12-6-4-10-21(24)17-29-27-23-16-20(19-8-2-1-3-9-19)14-15-26(23)33-28(27)30-18-22-11-5-7-13-25(22)32/h1-18,31-32H. The number of para-hydroxylation sites is 2. The first-order valence-electron chi connectivity index (χ1n) is 10.4. The summed E-state index contributed by atoms with van der Waals surface area (Å²) in [6.07, 6.45) is 3.14. The van der Waals surface area contributed by atoms with Crippen LogP contribution in [0.15, 0.2) is 111 Å². The molecule has 160 valence electrons. The summed E-state index contributed by atoms with van der Waals surface area (Å²) in [6.45, 7) is 0. The molecule has 5 nitrogen and oxygen atoms in total. The van der Waals surface area contributed by atoms with Gasteiger partial charge in [-0.25, -0.2) is 9.98 Å². The van der Waals surface area contributed by atoms with Gasteiger partial charge in [-0.2, -0.15) is 0 Å². The Kier molecular flexibility index (Phi) is 5.43. The molecule has 2 N–H and O–H groups in total. The maximum Gasteiger partial charge on any atom is 0.246 e. The second-order valence-corrected chi connectivity index (χ2v) is 7.47. The Labute approximate surface area is 190 Å². The Bertz CT molecular complexity index is 1480. The molecular formula is C28H20N2O3. The van der Waals surface area contributed by atoms with Crippen molar-refractivity contribution in [2.75, 3.05) is 0 Å². The molecule has 0 atom stereocenters. The van der Waals surface area contributed by atoms with E-state index in [2.05, 4.69) is 9.98 Å². The van der Waals surface area contributed by atoms with Gasteiger partial charge in [0.2, 0.25) is 5.88 Å². The third-order valence-corrected chi connectivity index (χ3v) is 5.28. The molecule has 0 aliphatic rings. The van der Waals surface area contributed by atoms with Crippen LogP contribution in [0.1, 0.15) is 11.1 Å². The van der Waals surface area contributed by atoms with Crippen LogP contribution in [0.25, 0.3) is 22.1 Å². The highest BCUT2D eigenvalue weighted by Gasteiger charge is 2.14. The van der Waals surface area contributed by atoms with Crippen LogP contribution in [-0.2, 0) is 0 Å². The minimum Gasteiger partial charge on any atom is -0.507 e. The van der Waals surface area contributed by atoms with Gasteiger partial charge in [-0.1, -0.05) is 60.7 Å². The zero-order chi connectivity index (χ0) is 22.6. The van der Waals surface area contributed by atoms with Crippen molar-refractivity contribution in [3.63, 3.8) is 0 Å². The fourth-order valence-corrected chi connectivity index (χ4v) is 3.55. The maximum atomic E-state index is 10.1. The van der Waals surface area contributed by atoms with E-state index in [4.69, 9.17) is 4.42 Å². The van der Waals surface area contributed by atoms with Gasteiger partial charge in [-0.05, 0) is 47.5 Å². The zero-order valence-electron chi connectivity index (χ0n) is 17.6. The first-order chi connectivity index (χ1) is 16.2. The van der Waals surface area contributed by atoms with Crippen LogP contribution in [0.4, 0.5) is 11.6 Å². The van der Waals surface area contributed by atoms with E-state index in [0.29, 0.717) is 28.3 Å². The fourth-order valence-electron chi connectivity index (χ4n) is 3.55. The van der Waals surface area contributed by atoms with Crippen molar-refractivity contribution < 1.29 is 14.6 Å². The van der Waals surface area contributed by atoms with E-state index >= 15 is 0 Å². The number of phenols is 2. The lowest BCUT2D eigenvalue weighted by molar-refractivity contribution is 0.474. The van der Waals surface area contributed by atoms with Crippen LogP contribution in [0.2, 0.25) is 0 Å². The van der Waals surface area contributed by atoms with Crippen molar-refractivity contribution >= 4 is 35.0 Å². The SMILES string of the molecule is Oc1ccccc1C=Nc1oc2ccc(-c3ccccc3)cc2c1N=Cc1ccccc1O. The minimum atomic E-state index is 0.128.